The van der Waals surface area contributed by atoms with E-state index >= 15 is 0 Å². The van der Waals surface area contributed by atoms with Gasteiger partial charge in [-0.3, -0.25) is 0 Å². The molecular formula is C9H19NO2. The summed E-state index contributed by atoms with van der Waals surface area (Å²) in [6.07, 6.45) is 0.855. The zero-order chi connectivity index (χ0) is 9.03. The van der Waals surface area contributed by atoms with E-state index in [2.05, 4.69) is 19.2 Å². The molecule has 0 spiro atoms. The van der Waals surface area contributed by atoms with Gasteiger partial charge in [0.15, 0.2) is 0 Å². The van der Waals surface area contributed by atoms with Gasteiger partial charge in [0, 0.05) is 13.2 Å². The van der Waals surface area contributed by atoms with Gasteiger partial charge in [-0.05, 0) is 11.8 Å². The molecule has 1 fully saturated rings. The minimum Gasteiger partial charge on any atom is -0.396 e. The monoisotopic (exact) mass is 173 g/mol. The fourth-order valence-corrected chi connectivity index (χ4v) is 1.17. The smallest absolute Gasteiger partial charge is 0.0643 e. The van der Waals surface area contributed by atoms with E-state index in [1.54, 1.807) is 0 Å². The van der Waals surface area contributed by atoms with Crippen molar-refractivity contribution in [1.29, 1.82) is 0 Å². The Morgan fingerprint density at radius 2 is 2.17 bits per heavy atom. The third kappa shape index (κ3) is 3.09. The van der Waals surface area contributed by atoms with Gasteiger partial charge < -0.3 is 15.2 Å². The summed E-state index contributed by atoms with van der Waals surface area (Å²) in [4.78, 5) is 0. The lowest BCUT2D eigenvalue weighted by atomic mass is 9.89. The van der Waals surface area contributed by atoms with Gasteiger partial charge in [0.05, 0.1) is 19.3 Å². The third-order valence-corrected chi connectivity index (χ3v) is 2.30. The van der Waals surface area contributed by atoms with Crippen LogP contribution in [0.4, 0.5) is 0 Å². The van der Waals surface area contributed by atoms with E-state index in [1.165, 1.54) is 0 Å². The summed E-state index contributed by atoms with van der Waals surface area (Å²) in [5.41, 5.74) is 0.199. The molecule has 12 heavy (non-hydrogen) atoms. The van der Waals surface area contributed by atoms with E-state index in [0.717, 1.165) is 26.2 Å². The molecule has 0 aromatic rings. The molecule has 0 aromatic carbocycles. The van der Waals surface area contributed by atoms with Crippen molar-refractivity contribution >= 4 is 0 Å². The standard InChI is InChI=1S/C9H19NO2/c1-9(2,3-4-11)7-10-8-5-12-6-8/h8,10-11H,3-7H2,1-2H3. The number of hydrogen-bond acceptors (Lipinski definition) is 3. The first kappa shape index (κ1) is 9.96. The Morgan fingerprint density at radius 1 is 1.50 bits per heavy atom. The highest BCUT2D eigenvalue weighted by molar-refractivity contribution is 4.78. The van der Waals surface area contributed by atoms with Gasteiger partial charge >= 0.3 is 0 Å². The predicted molar refractivity (Wildman–Crippen MR) is 48.1 cm³/mol. The third-order valence-electron chi connectivity index (χ3n) is 2.30. The van der Waals surface area contributed by atoms with Gasteiger partial charge in [0.2, 0.25) is 0 Å². The minimum atomic E-state index is 0.199. The fourth-order valence-electron chi connectivity index (χ4n) is 1.17. The first-order valence-corrected chi connectivity index (χ1v) is 4.56. The number of aliphatic hydroxyl groups is 1. The van der Waals surface area contributed by atoms with Crippen LogP contribution in [0.1, 0.15) is 20.3 Å². The van der Waals surface area contributed by atoms with Crippen molar-refractivity contribution < 1.29 is 9.84 Å². The number of rotatable bonds is 5. The quantitative estimate of drug-likeness (QED) is 0.631. The topological polar surface area (TPSA) is 41.5 Å². The Morgan fingerprint density at radius 3 is 2.58 bits per heavy atom. The second-order valence-corrected chi connectivity index (χ2v) is 4.25. The molecule has 0 unspecified atom stereocenters. The van der Waals surface area contributed by atoms with Crippen LogP contribution in [0.3, 0.4) is 0 Å². The summed E-state index contributed by atoms with van der Waals surface area (Å²) < 4.78 is 5.05. The summed E-state index contributed by atoms with van der Waals surface area (Å²) in [6.45, 7) is 7.24. The van der Waals surface area contributed by atoms with Gasteiger partial charge in [0.1, 0.15) is 0 Å². The second kappa shape index (κ2) is 4.21. The number of ether oxygens (including phenoxy) is 1. The van der Waals surface area contributed by atoms with Gasteiger partial charge in [0.25, 0.3) is 0 Å². The van der Waals surface area contributed by atoms with Crippen LogP contribution in [0.5, 0.6) is 0 Å². The Bertz CT molecular complexity index is 132. The molecule has 0 aliphatic carbocycles. The number of hydrogen-bond donors (Lipinski definition) is 2. The van der Waals surface area contributed by atoms with Gasteiger partial charge in [-0.1, -0.05) is 13.8 Å². The van der Waals surface area contributed by atoms with Crippen LogP contribution in [0, 0.1) is 5.41 Å². The molecule has 1 rings (SSSR count). The summed E-state index contributed by atoms with van der Waals surface area (Å²) in [5.74, 6) is 0. The van der Waals surface area contributed by atoms with Gasteiger partial charge in [-0.15, -0.1) is 0 Å². The van der Waals surface area contributed by atoms with Crippen molar-refractivity contribution in [3.8, 4) is 0 Å². The SMILES string of the molecule is CC(C)(CCO)CNC1COC1. The van der Waals surface area contributed by atoms with Gasteiger partial charge in [-0.2, -0.15) is 0 Å². The summed E-state index contributed by atoms with van der Waals surface area (Å²) in [6, 6.07) is 0.544. The van der Waals surface area contributed by atoms with Crippen LogP contribution in [0.2, 0.25) is 0 Å². The molecule has 1 aliphatic rings. The largest absolute Gasteiger partial charge is 0.396 e. The van der Waals surface area contributed by atoms with Crippen LogP contribution in [0.15, 0.2) is 0 Å². The second-order valence-electron chi connectivity index (χ2n) is 4.25. The molecule has 0 saturated carbocycles. The van der Waals surface area contributed by atoms with E-state index in [1.807, 2.05) is 0 Å². The maximum atomic E-state index is 8.79. The van der Waals surface area contributed by atoms with Crippen molar-refractivity contribution in [2.75, 3.05) is 26.4 Å². The Labute approximate surface area is 74.1 Å². The van der Waals surface area contributed by atoms with Crippen molar-refractivity contribution in [3.63, 3.8) is 0 Å². The van der Waals surface area contributed by atoms with Crippen molar-refractivity contribution in [2.24, 2.45) is 5.41 Å². The highest BCUT2D eigenvalue weighted by Crippen LogP contribution is 2.18. The Hall–Kier alpha value is -0.120. The number of nitrogens with one attached hydrogen (secondary N) is 1. The van der Waals surface area contributed by atoms with Crippen LogP contribution in [0.25, 0.3) is 0 Å². The van der Waals surface area contributed by atoms with Crippen molar-refractivity contribution in [2.45, 2.75) is 26.3 Å². The fraction of sp³-hybridized carbons (Fsp3) is 1.00. The zero-order valence-electron chi connectivity index (χ0n) is 7.97. The molecule has 0 radical (unpaired) electrons. The van der Waals surface area contributed by atoms with Crippen LogP contribution < -0.4 is 5.32 Å². The molecule has 1 heterocycles. The highest BCUT2D eigenvalue weighted by Gasteiger charge is 2.22. The average molecular weight is 173 g/mol. The Balaban J connectivity index is 2.10. The van der Waals surface area contributed by atoms with Crippen LogP contribution in [-0.4, -0.2) is 37.5 Å². The molecule has 3 heteroatoms. The first-order chi connectivity index (χ1) is 5.64. The summed E-state index contributed by atoms with van der Waals surface area (Å²) in [5, 5.41) is 12.2. The minimum absolute atomic E-state index is 0.199. The molecule has 1 saturated heterocycles. The average Bonchev–Trinajstić information content (AvgIpc) is 1.82. The van der Waals surface area contributed by atoms with Gasteiger partial charge in [-0.25, -0.2) is 0 Å². The molecule has 0 amide bonds. The van der Waals surface area contributed by atoms with Crippen molar-refractivity contribution in [1.82, 2.24) is 5.32 Å². The predicted octanol–water partition coefficient (Wildman–Crippen LogP) is 0.383. The molecule has 1 aliphatic heterocycles. The Kier molecular flexibility index (Phi) is 3.50. The van der Waals surface area contributed by atoms with E-state index in [4.69, 9.17) is 9.84 Å². The van der Waals surface area contributed by atoms with E-state index < -0.39 is 0 Å². The molecule has 0 bridgehead atoms. The number of aliphatic hydroxyl groups excluding tert-OH is 1. The lowest BCUT2D eigenvalue weighted by Gasteiger charge is -2.32. The molecular weight excluding hydrogens is 154 g/mol. The summed E-state index contributed by atoms with van der Waals surface area (Å²) in [7, 11) is 0. The molecule has 2 N–H and O–H groups in total. The maximum Gasteiger partial charge on any atom is 0.0643 e. The normalized spacial score (nSPS) is 19.2. The molecule has 0 aromatic heterocycles. The van der Waals surface area contributed by atoms with Crippen molar-refractivity contribution in [3.05, 3.63) is 0 Å². The van der Waals surface area contributed by atoms with E-state index in [0.29, 0.717) is 6.04 Å². The molecule has 0 atom stereocenters. The van der Waals surface area contributed by atoms with Crippen LogP contribution in [-0.2, 0) is 4.74 Å². The first-order valence-electron chi connectivity index (χ1n) is 4.56. The van der Waals surface area contributed by atoms with E-state index in [9.17, 15) is 0 Å². The lowest BCUT2D eigenvalue weighted by Crippen LogP contribution is -2.49. The summed E-state index contributed by atoms with van der Waals surface area (Å²) >= 11 is 0. The molecule has 72 valence electrons. The molecule has 3 nitrogen and oxygen atoms in total. The van der Waals surface area contributed by atoms with E-state index in [-0.39, 0.29) is 12.0 Å². The maximum absolute atomic E-state index is 8.79. The zero-order valence-corrected chi connectivity index (χ0v) is 7.97. The van der Waals surface area contributed by atoms with Crippen LogP contribution >= 0.6 is 0 Å². The lowest BCUT2D eigenvalue weighted by molar-refractivity contribution is -0.00928. The highest BCUT2D eigenvalue weighted by atomic mass is 16.5.